The molecule has 1 aliphatic rings. The summed E-state index contributed by atoms with van der Waals surface area (Å²) in [4.78, 5) is 36.8. The molecule has 0 aliphatic carbocycles. The minimum absolute atomic E-state index is 0.103. The van der Waals surface area contributed by atoms with E-state index in [0.717, 1.165) is 16.9 Å². The number of aliphatic hydroxyl groups excluding tert-OH is 1. The Morgan fingerprint density at radius 2 is 2.00 bits per heavy atom. The van der Waals surface area contributed by atoms with E-state index in [1.165, 1.54) is 23.2 Å². The third kappa shape index (κ3) is 4.63. The van der Waals surface area contributed by atoms with Gasteiger partial charge in [-0.2, -0.15) is 0 Å². The molecule has 1 saturated heterocycles. The minimum Gasteiger partial charge on any atom is -0.507 e. The van der Waals surface area contributed by atoms with Gasteiger partial charge in [-0.25, -0.2) is 9.37 Å². The average molecular weight is 552 g/mol. The Morgan fingerprint density at radius 3 is 2.68 bits per heavy atom. The van der Waals surface area contributed by atoms with Crippen LogP contribution in [0, 0.1) is 18.7 Å². The summed E-state index contributed by atoms with van der Waals surface area (Å²) in [5, 5.41) is 11.4. The minimum atomic E-state index is -1.05. The van der Waals surface area contributed by atoms with Crippen molar-refractivity contribution in [3.8, 4) is 5.75 Å². The third-order valence-corrected chi connectivity index (χ3v) is 7.37. The quantitative estimate of drug-likeness (QED) is 0.168. The second-order valence-electron chi connectivity index (χ2n) is 9.34. The average Bonchev–Trinajstić information content (AvgIpc) is 3.40. The molecule has 1 amide bonds. The van der Waals surface area contributed by atoms with Gasteiger partial charge in [-0.05, 0) is 60.9 Å². The molecule has 1 fully saturated rings. The molecule has 1 unspecified atom stereocenters. The fraction of sp³-hybridized carbons (Fsp3) is 0.214. The molecule has 10 heteroatoms. The van der Waals surface area contributed by atoms with Crippen LogP contribution in [0.25, 0.3) is 16.0 Å². The lowest BCUT2D eigenvalue weighted by Crippen LogP contribution is -2.29. The zero-order chi connectivity index (χ0) is 27.1. The molecule has 2 aromatic carbocycles. The van der Waals surface area contributed by atoms with Gasteiger partial charge >= 0.3 is 5.91 Å². The maximum absolute atomic E-state index is 14.1. The first-order valence-electron chi connectivity index (χ1n) is 11.9. The van der Waals surface area contributed by atoms with Crippen molar-refractivity contribution < 1.29 is 23.8 Å². The van der Waals surface area contributed by atoms with E-state index in [-0.39, 0.29) is 21.5 Å². The number of benzene rings is 2. The highest BCUT2D eigenvalue weighted by Crippen LogP contribution is 2.44. The number of thiazole rings is 1. The van der Waals surface area contributed by atoms with E-state index in [0.29, 0.717) is 39.7 Å². The summed E-state index contributed by atoms with van der Waals surface area (Å²) in [7, 11) is 0. The molecule has 4 aromatic rings. The number of Topliss-reactive ketones (excluding diaryl/α,β-unsaturated/α-hetero) is 1. The smallest absolute Gasteiger partial charge is 0.301 e. The van der Waals surface area contributed by atoms with Gasteiger partial charge in [0.25, 0.3) is 5.78 Å². The summed E-state index contributed by atoms with van der Waals surface area (Å²) < 4.78 is 20.4. The van der Waals surface area contributed by atoms with Crippen LogP contribution in [0.4, 0.5) is 9.52 Å². The Balaban J connectivity index is 1.64. The van der Waals surface area contributed by atoms with Crippen molar-refractivity contribution in [2.75, 3.05) is 11.5 Å². The van der Waals surface area contributed by atoms with Gasteiger partial charge in [-0.15, -0.1) is 0 Å². The summed E-state index contributed by atoms with van der Waals surface area (Å²) >= 11 is 6.96. The maximum atomic E-state index is 14.1. The fourth-order valence-electron chi connectivity index (χ4n) is 4.23. The molecule has 194 valence electrons. The second kappa shape index (κ2) is 10.2. The molecule has 0 bridgehead atoms. The van der Waals surface area contributed by atoms with Crippen LogP contribution in [0.2, 0.25) is 5.02 Å². The van der Waals surface area contributed by atoms with Crippen molar-refractivity contribution >= 4 is 55.7 Å². The molecule has 2 aromatic heterocycles. The molecule has 0 spiro atoms. The predicted octanol–water partition coefficient (Wildman–Crippen LogP) is 6.45. The predicted molar refractivity (Wildman–Crippen MR) is 145 cm³/mol. The molecule has 0 radical (unpaired) electrons. The first-order chi connectivity index (χ1) is 18.2. The normalized spacial score (nSPS) is 17.1. The van der Waals surface area contributed by atoms with E-state index in [4.69, 9.17) is 16.3 Å². The number of aliphatic hydroxyl groups is 1. The lowest BCUT2D eigenvalue weighted by Gasteiger charge is -2.22. The van der Waals surface area contributed by atoms with Crippen LogP contribution in [-0.4, -0.2) is 33.4 Å². The van der Waals surface area contributed by atoms with Gasteiger partial charge < -0.3 is 9.84 Å². The van der Waals surface area contributed by atoms with Crippen molar-refractivity contribution in [2.24, 2.45) is 5.92 Å². The van der Waals surface area contributed by atoms with Crippen LogP contribution in [0.1, 0.15) is 36.7 Å². The molecule has 3 heterocycles. The molecule has 7 nitrogen and oxygen atoms in total. The standard InChI is InChI=1S/C28H23ClFN3O4S/c1-14(2)13-37-21-8-7-16(10-15(21)3)25(34)23-24(19-6-4-5-9-31-19)33(27(36)26(23)35)28-32-20-11-17(29)18(30)12-22(20)38-28/h4-12,14,24,34H,13H2,1-3H3/b25-23+. The molecule has 1 N–H and O–H groups in total. The number of hydrogen-bond donors (Lipinski definition) is 1. The topological polar surface area (TPSA) is 92.6 Å². The lowest BCUT2D eigenvalue weighted by molar-refractivity contribution is -0.132. The Labute approximate surface area is 227 Å². The number of halogens is 2. The number of ketones is 1. The van der Waals surface area contributed by atoms with E-state index >= 15 is 0 Å². The summed E-state index contributed by atoms with van der Waals surface area (Å²) in [5.74, 6) is -1.70. The Kier molecular flexibility index (Phi) is 6.90. The number of aryl methyl sites for hydroxylation is 1. The zero-order valence-electron chi connectivity index (χ0n) is 20.7. The van der Waals surface area contributed by atoms with Gasteiger partial charge in [0.2, 0.25) is 0 Å². The van der Waals surface area contributed by atoms with Crippen LogP contribution in [-0.2, 0) is 9.59 Å². The van der Waals surface area contributed by atoms with E-state index < -0.39 is 23.5 Å². The summed E-state index contributed by atoms with van der Waals surface area (Å²) in [5.41, 5.74) is 1.75. The second-order valence-corrected chi connectivity index (χ2v) is 10.8. The van der Waals surface area contributed by atoms with Crippen molar-refractivity contribution in [1.29, 1.82) is 0 Å². The van der Waals surface area contributed by atoms with Crippen LogP contribution in [0.3, 0.4) is 0 Å². The van der Waals surface area contributed by atoms with Crippen molar-refractivity contribution in [3.05, 3.63) is 88.0 Å². The number of carbonyl (C=O) groups is 2. The highest BCUT2D eigenvalue weighted by Gasteiger charge is 2.48. The van der Waals surface area contributed by atoms with Crippen LogP contribution >= 0.6 is 22.9 Å². The number of nitrogens with zero attached hydrogens (tertiary/aromatic N) is 3. The van der Waals surface area contributed by atoms with Gasteiger partial charge in [0.15, 0.2) is 5.13 Å². The zero-order valence-corrected chi connectivity index (χ0v) is 22.3. The monoisotopic (exact) mass is 551 g/mol. The summed E-state index contributed by atoms with van der Waals surface area (Å²) in [6, 6.07) is 11.7. The number of anilines is 1. The summed E-state index contributed by atoms with van der Waals surface area (Å²) in [6.45, 7) is 6.46. The number of ether oxygens (including phenoxy) is 1. The molecule has 1 atom stereocenters. The molecular formula is C28H23ClFN3O4S. The van der Waals surface area contributed by atoms with Crippen molar-refractivity contribution in [3.63, 3.8) is 0 Å². The van der Waals surface area contributed by atoms with Gasteiger partial charge in [-0.1, -0.05) is 42.9 Å². The van der Waals surface area contributed by atoms with E-state index in [1.54, 1.807) is 36.4 Å². The maximum Gasteiger partial charge on any atom is 0.301 e. The number of rotatable bonds is 6. The highest BCUT2D eigenvalue weighted by atomic mass is 35.5. The SMILES string of the molecule is Cc1cc(/C(O)=C2\C(=O)C(=O)N(c3nc4cc(Cl)c(F)cc4s3)C2c2ccccn2)ccc1OCC(C)C. The Bertz CT molecular complexity index is 1560. The number of aromatic nitrogens is 2. The van der Waals surface area contributed by atoms with Gasteiger partial charge in [-0.3, -0.25) is 19.5 Å². The number of amides is 1. The van der Waals surface area contributed by atoms with E-state index in [1.807, 2.05) is 20.8 Å². The van der Waals surface area contributed by atoms with Gasteiger partial charge in [0.05, 0.1) is 33.1 Å². The van der Waals surface area contributed by atoms with E-state index in [9.17, 15) is 19.1 Å². The van der Waals surface area contributed by atoms with Crippen LogP contribution in [0.5, 0.6) is 5.75 Å². The van der Waals surface area contributed by atoms with Crippen molar-refractivity contribution in [1.82, 2.24) is 9.97 Å². The van der Waals surface area contributed by atoms with Crippen molar-refractivity contribution in [2.45, 2.75) is 26.8 Å². The van der Waals surface area contributed by atoms with Crippen LogP contribution < -0.4 is 9.64 Å². The van der Waals surface area contributed by atoms with Gasteiger partial charge in [0, 0.05) is 11.8 Å². The highest BCUT2D eigenvalue weighted by molar-refractivity contribution is 7.22. The first-order valence-corrected chi connectivity index (χ1v) is 13.1. The third-order valence-electron chi connectivity index (χ3n) is 6.06. The summed E-state index contributed by atoms with van der Waals surface area (Å²) in [6.07, 6.45) is 1.54. The molecular weight excluding hydrogens is 529 g/mol. The fourth-order valence-corrected chi connectivity index (χ4v) is 5.39. The molecule has 1 aliphatic heterocycles. The van der Waals surface area contributed by atoms with E-state index in [2.05, 4.69) is 9.97 Å². The van der Waals surface area contributed by atoms with Crippen LogP contribution in [0.15, 0.2) is 60.3 Å². The largest absolute Gasteiger partial charge is 0.507 e. The number of fused-ring (bicyclic) bond motifs is 1. The Hall–Kier alpha value is -3.82. The molecule has 38 heavy (non-hydrogen) atoms. The number of carbonyl (C=O) groups excluding carboxylic acids is 2. The number of pyridine rings is 1. The van der Waals surface area contributed by atoms with Gasteiger partial charge in [0.1, 0.15) is 23.4 Å². The molecule has 0 saturated carbocycles. The lowest BCUT2D eigenvalue weighted by atomic mass is 9.97. The first kappa shape index (κ1) is 25.8. The number of hydrogen-bond acceptors (Lipinski definition) is 7. The molecule has 5 rings (SSSR count). The Morgan fingerprint density at radius 1 is 1.21 bits per heavy atom.